The first-order chi connectivity index (χ1) is 16.7. The van der Waals surface area contributed by atoms with Gasteiger partial charge < -0.3 is 30.4 Å². The number of methoxy groups -OCH3 is 1. The minimum absolute atomic E-state index is 0.0694. The molecule has 194 valence electrons. The van der Waals surface area contributed by atoms with Crippen LogP contribution >= 0.6 is 0 Å². The molecule has 6 N–H and O–H groups in total. The van der Waals surface area contributed by atoms with Crippen LogP contribution in [0, 0.1) is 12.7 Å². The van der Waals surface area contributed by atoms with Crippen LogP contribution in [0.3, 0.4) is 0 Å². The third-order valence-electron chi connectivity index (χ3n) is 4.19. The number of rotatable bonds is 7. The van der Waals surface area contributed by atoms with Gasteiger partial charge in [0, 0.05) is 13.6 Å². The molecule has 1 atom stereocenters. The van der Waals surface area contributed by atoms with Gasteiger partial charge in [-0.15, -0.1) is 5.10 Å². The van der Waals surface area contributed by atoms with E-state index in [1.165, 1.54) is 26.3 Å². The molecule has 2 aromatic rings. The Bertz CT molecular complexity index is 940. The Morgan fingerprint density at radius 3 is 2.66 bits per heavy atom. The predicted octanol–water partition coefficient (Wildman–Crippen LogP) is -0.0289. The first-order valence-corrected chi connectivity index (χ1v) is 10.6. The highest BCUT2D eigenvalue weighted by Crippen LogP contribution is 2.17. The Morgan fingerprint density at radius 2 is 2.14 bits per heavy atom. The van der Waals surface area contributed by atoms with Crippen LogP contribution in [0.25, 0.3) is 0 Å². The lowest BCUT2D eigenvalue weighted by atomic mass is 10.2. The average molecular weight is 496 g/mol. The molecule has 1 saturated heterocycles. The van der Waals surface area contributed by atoms with E-state index in [2.05, 4.69) is 20.4 Å². The molecule has 1 aromatic carbocycles. The Balaban J connectivity index is 0.000000274. The van der Waals surface area contributed by atoms with Crippen molar-refractivity contribution in [3.8, 4) is 5.75 Å². The number of aromatic nitrogens is 2. The number of aliphatic hydroxyl groups excluding tert-OH is 1. The molecule has 13 heteroatoms. The second-order valence-electron chi connectivity index (χ2n) is 7.15. The van der Waals surface area contributed by atoms with Gasteiger partial charge in [-0.25, -0.2) is 25.3 Å². The molecule has 1 fully saturated rings. The fourth-order valence-corrected chi connectivity index (χ4v) is 2.66. The van der Waals surface area contributed by atoms with Crippen molar-refractivity contribution in [2.75, 3.05) is 47.6 Å². The van der Waals surface area contributed by atoms with Crippen molar-refractivity contribution in [3.63, 3.8) is 0 Å². The van der Waals surface area contributed by atoms with E-state index in [9.17, 15) is 9.18 Å². The number of nitrogens with one attached hydrogen (secondary N) is 1. The number of hydrazine groups is 1. The van der Waals surface area contributed by atoms with Crippen LogP contribution in [-0.2, 0) is 16.0 Å². The van der Waals surface area contributed by atoms with E-state index < -0.39 is 0 Å². The largest absolute Gasteiger partial charge is 0.494 e. The standard InChI is InChI=1S/C9H12FNO.C8H12N6O.C5H10O3/c1-11-6-7-3-4-8(10)9(5-7)12-2;1-5-11-6(4-15)3-7(12-5)8(9)13-14(2)10;6-3-5-4-7-1-2-8-5/h3-5,11H,6H2,1-2H3;3-4H,10H2,1-2H3,(H2,9,13);5-6H,1-4H2/t;;5-/m..1/s1. The summed E-state index contributed by atoms with van der Waals surface area (Å²) in [6.45, 7) is 4.27. The van der Waals surface area contributed by atoms with Gasteiger partial charge in [0.15, 0.2) is 23.7 Å². The quantitative estimate of drug-likeness (QED) is 0.134. The minimum Gasteiger partial charge on any atom is -0.494 e. The van der Waals surface area contributed by atoms with Gasteiger partial charge >= 0.3 is 0 Å². The maximum absolute atomic E-state index is 12.9. The number of hydrogen-bond donors (Lipinski definition) is 4. The molecule has 0 spiro atoms. The molecule has 1 aliphatic rings. The summed E-state index contributed by atoms with van der Waals surface area (Å²) in [6.07, 6.45) is 0.543. The Hall–Kier alpha value is -3.23. The van der Waals surface area contributed by atoms with Gasteiger partial charge in [-0.05, 0) is 37.7 Å². The maximum Gasteiger partial charge on any atom is 0.171 e. The van der Waals surface area contributed by atoms with Gasteiger partial charge in [-0.2, -0.15) is 0 Å². The van der Waals surface area contributed by atoms with E-state index in [0.29, 0.717) is 43.4 Å². The van der Waals surface area contributed by atoms with Crippen LogP contribution in [0.1, 0.15) is 27.6 Å². The number of halogens is 1. The smallest absolute Gasteiger partial charge is 0.171 e. The molecule has 0 amide bonds. The molecular weight excluding hydrogens is 461 g/mol. The number of hydrogen-bond acceptors (Lipinski definition) is 11. The number of aryl methyl sites for hydroxylation is 1. The third-order valence-corrected chi connectivity index (χ3v) is 4.19. The minimum atomic E-state index is -0.322. The van der Waals surface area contributed by atoms with E-state index >= 15 is 0 Å². The number of ether oxygens (including phenoxy) is 3. The zero-order valence-corrected chi connectivity index (χ0v) is 20.4. The Kier molecular flexibility index (Phi) is 14.0. The highest BCUT2D eigenvalue weighted by atomic mass is 19.1. The molecule has 0 saturated carbocycles. The summed E-state index contributed by atoms with van der Waals surface area (Å²) in [5.74, 6) is 5.85. The molecule has 1 aromatic heterocycles. The number of aliphatic hydroxyl groups is 1. The van der Waals surface area contributed by atoms with Crippen molar-refractivity contribution < 1.29 is 28.5 Å². The van der Waals surface area contributed by atoms with E-state index in [1.54, 1.807) is 19.1 Å². The van der Waals surface area contributed by atoms with Crippen molar-refractivity contribution in [1.82, 2.24) is 20.4 Å². The van der Waals surface area contributed by atoms with E-state index in [0.717, 1.165) is 17.2 Å². The monoisotopic (exact) mass is 495 g/mol. The number of aldehydes is 1. The summed E-state index contributed by atoms with van der Waals surface area (Å²) in [4.78, 5) is 18.5. The zero-order chi connectivity index (χ0) is 26.2. The van der Waals surface area contributed by atoms with Gasteiger partial charge in [0.05, 0.1) is 33.5 Å². The first kappa shape index (κ1) is 29.8. The lowest BCUT2D eigenvalue weighted by Crippen LogP contribution is -2.31. The van der Waals surface area contributed by atoms with Crippen LogP contribution < -0.4 is 21.6 Å². The molecule has 0 radical (unpaired) electrons. The molecule has 35 heavy (non-hydrogen) atoms. The molecule has 0 bridgehead atoms. The topological polar surface area (TPSA) is 170 Å². The number of nitrogens with zero attached hydrogens (tertiary/aromatic N) is 4. The van der Waals surface area contributed by atoms with Crippen molar-refractivity contribution >= 4 is 12.1 Å². The van der Waals surface area contributed by atoms with Crippen LogP contribution in [-0.4, -0.2) is 86.1 Å². The van der Waals surface area contributed by atoms with Crippen molar-refractivity contribution in [2.24, 2.45) is 16.7 Å². The summed E-state index contributed by atoms with van der Waals surface area (Å²) in [7, 11) is 4.83. The van der Waals surface area contributed by atoms with Gasteiger partial charge in [0.1, 0.15) is 23.3 Å². The predicted molar refractivity (Wildman–Crippen MR) is 128 cm³/mol. The molecular formula is C22H34FN7O5. The van der Waals surface area contributed by atoms with Crippen LogP contribution in [0.2, 0.25) is 0 Å². The number of carbonyl (C=O) groups is 1. The van der Waals surface area contributed by atoms with Crippen LogP contribution in [0.5, 0.6) is 5.75 Å². The van der Waals surface area contributed by atoms with Gasteiger partial charge in [0.2, 0.25) is 0 Å². The summed E-state index contributed by atoms with van der Waals surface area (Å²) in [6, 6.07) is 6.27. The summed E-state index contributed by atoms with van der Waals surface area (Å²) >= 11 is 0. The zero-order valence-electron chi connectivity index (χ0n) is 20.4. The number of benzene rings is 1. The van der Waals surface area contributed by atoms with Gasteiger partial charge in [0.25, 0.3) is 0 Å². The maximum atomic E-state index is 12.9. The fourth-order valence-electron chi connectivity index (χ4n) is 2.66. The number of nitrogens with two attached hydrogens (primary N) is 2. The lowest BCUT2D eigenvalue weighted by molar-refractivity contribution is -0.105. The molecule has 0 aliphatic carbocycles. The highest BCUT2D eigenvalue weighted by Gasteiger charge is 2.11. The Labute approximate surface area is 204 Å². The highest BCUT2D eigenvalue weighted by molar-refractivity contribution is 5.96. The summed E-state index contributed by atoms with van der Waals surface area (Å²) < 4.78 is 27.7. The second-order valence-corrected chi connectivity index (χ2v) is 7.15. The number of amidine groups is 1. The van der Waals surface area contributed by atoms with E-state index in [4.69, 9.17) is 30.9 Å². The van der Waals surface area contributed by atoms with Gasteiger partial charge in [-0.1, -0.05) is 6.07 Å². The lowest BCUT2D eigenvalue weighted by Gasteiger charge is -2.20. The van der Waals surface area contributed by atoms with Crippen molar-refractivity contribution in [3.05, 3.63) is 52.9 Å². The van der Waals surface area contributed by atoms with Crippen LogP contribution in [0.15, 0.2) is 29.4 Å². The molecule has 0 unspecified atom stereocenters. The molecule has 3 rings (SSSR count). The van der Waals surface area contributed by atoms with Gasteiger partial charge in [-0.3, -0.25) is 4.79 Å². The third kappa shape index (κ3) is 11.6. The van der Waals surface area contributed by atoms with Crippen molar-refractivity contribution in [2.45, 2.75) is 19.6 Å². The second kappa shape index (κ2) is 16.4. The average Bonchev–Trinajstić information content (AvgIpc) is 2.85. The molecule has 12 nitrogen and oxygen atoms in total. The van der Waals surface area contributed by atoms with E-state index in [-0.39, 0.29) is 30.1 Å². The molecule has 2 heterocycles. The Morgan fingerprint density at radius 1 is 1.40 bits per heavy atom. The first-order valence-electron chi connectivity index (χ1n) is 10.6. The SMILES string of the molecule is CNCc1ccc(F)c(OC)c1.Cc1nc(C=O)cc(/C(N)=N/N(C)N)n1.OC[C@@H]1COCCO1. The summed E-state index contributed by atoms with van der Waals surface area (Å²) in [5.41, 5.74) is 7.26. The van der Waals surface area contributed by atoms with E-state index in [1.807, 2.05) is 7.05 Å². The normalized spacial score (nSPS) is 15.2. The van der Waals surface area contributed by atoms with Crippen molar-refractivity contribution in [1.29, 1.82) is 0 Å². The van der Waals surface area contributed by atoms with Crippen LogP contribution in [0.4, 0.5) is 4.39 Å². The number of hydrazone groups is 1. The summed E-state index contributed by atoms with van der Waals surface area (Å²) in [5, 5.41) is 16.3. The molecule has 1 aliphatic heterocycles. The number of carbonyl (C=O) groups excluding carboxylic acids is 1. The fraction of sp³-hybridized carbons (Fsp3) is 0.455.